The van der Waals surface area contributed by atoms with Gasteiger partial charge in [0.15, 0.2) is 24.8 Å². The fourth-order valence-electron chi connectivity index (χ4n) is 4.46. The number of esters is 2. The van der Waals surface area contributed by atoms with E-state index in [0.29, 0.717) is 26.1 Å². The smallest absolute Gasteiger partial charge is 0.303 e. The van der Waals surface area contributed by atoms with Crippen molar-refractivity contribution < 1.29 is 47.5 Å². The Hall–Kier alpha value is -1.56. The number of hydrogen-bond acceptors (Lipinski definition) is 10. The zero-order chi connectivity index (χ0) is 25.5. The predicted molar refractivity (Wildman–Crippen MR) is 121 cm³/mol. The molecule has 2 saturated heterocycles. The van der Waals surface area contributed by atoms with E-state index in [9.17, 15) is 9.59 Å². The standard InChI is InChI=1S/C24H40O10/c1-15-21(33-17(3)25)23(5,27-7)13-19(31-15)29-11-9-10-12-30-20-14-24(6,28-8)22(16(2)32-20)34-18(4)26/h9-10,15-16,19-22H,11-14H2,1-8H3/b10-9+/t15-,16-,19-,20-,21-,22-,23+,24+/m0/s1. The van der Waals surface area contributed by atoms with Gasteiger partial charge in [-0.3, -0.25) is 9.59 Å². The Balaban J connectivity index is 1.79. The largest absolute Gasteiger partial charge is 0.457 e. The predicted octanol–water partition coefficient (Wildman–Crippen LogP) is 2.52. The maximum absolute atomic E-state index is 11.4. The molecule has 10 heteroatoms. The maximum atomic E-state index is 11.4. The van der Waals surface area contributed by atoms with Crippen LogP contribution >= 0.6 is 0 Å². The molecule has 0 aromatic heterocycles. The Bertz CT molecular complexity index is 654. The molecular weight excluding hydrogens is 448 g/mol. The monoisotopic (exact) mass is 488 g/mol. The van der Waals surface area contributed by atoms with Crippen molar-refractivity contribution in [2.45, 2.75) is 103 Å². The molecule has 2 fully saturated rings. The lowest BCUT2D eigenvalue weighted by Crippen LogP contribution is -2.57. The van der Waals surface area contributed by atoms with Crippen LogP contribution in [0.3, 0.4) is 0 Å². The summed E-state index contributed by atoms with van der Waals surface area (Å²) >= 11 is 0. The Morgan fingerprint density at radius 2 is 1.15 bits per heavy atom. The fraction of sp³-hybridized carbons (Fsp3) is 0.833. The third-order valence-corrected chi connectivity index (χ3v) is 6.38. The highest BCUT2D eigenvalue weighted by Crippen LogP contribution is 2.35. The average Bonchev–Trinajstić information content (AvgIpc) is 2.75. The molecule has 0 saturated carbocycles. The van der Waals surface area contributed by atoms with Crippen molar-refractivity contribution in [3.05, 3.63) is 12.2 Å². The van der Waals surface area contributed by atoms with Gasteiger partial charge in [-0.1, -0.05) is 12.2 Å². The van der Waals surface area contributed by atoms with Crippen LogP contribution in [0.2, 0.25) is 0 Å². The molecule has 0 aromatic carbocycles. The first-order chi connectivity index (χ1) is 15.9. The summed E-state index contributed by atoms with van der Waals surface area (Å²) in [6, 6.07) is 0. The topological polar surface area (TPSA) is 108 Å². The van der Waals surface area contributed by atoms with E-state index in [0.717, 1.165) is 0 Å². The lowest BCUT2D eigenvalue weighted by molar-refractivity contribution is -0.280. The van der Waals surface area contributed by atoms with Gasteiger partial charge in [-0.25, -0.2) is 0 Å². The fourth-order valence-corrected chi connectivity index (χ4v) is 4.46. The minimum absolute atomic E-state index is 0.311. The normalized spacial score (nSPS) is 38.6. The molecule has 0 aliphatic carbocycles. The highest BCUT2D eigenvalue weighted by atomic mass is 16.7. The molecule has 8 atom stereocenters. The zero-order valence-corrected chi connectivity index (χ0v) is 21.5. The van der Waals surface area contributed by atoms with Crippen molar-refractivity contribution >= 4 is 11.9 Å². The molecule has 0 N–H and O–H groups in total. The number of rotatable bonds is 10. The van der Waals surface area contributed by atoms with E-state index in [2.05, 4.69) is 0 Å². The van der Waals surface area contributed by atoms with Gasteiger partial charge in [0.2, 0.25) is 0 Å². The molecule has 0 amide bonds. The molecule has 0 radical (unpaired) electrons. The van der Waals surface area contributed by atoms with Crippen LogP contribution in [0.25, 0.3) is 0 Å². The summed E-state index contributed by atoms with van der Waals surface area (Å²) in [6.45, 7) is 10.8. The van der Waals surface area contributed by atoms with Gasteiger partial charge >= 0.3 is 11.9 Å². The molecular formula is C24H40O10. The molecule has 2 aliphatic heterocycles. The minimum Gasteiger partial charge on any atom is -0.457 e. The first kappa shape index (κ1) is 28.7. The van der Waals surface area contributed by atoms with Crippen LogP contribution in [-0.2, 0) is 47.5 Å². The van der Waals surface area contributed by atoms with Crippen LogP contribution in [0, 0.1) is 0 Å². The molecule has 0 bridgehead atoms. The van der Waals surface area contributed by atoms with E-state index in [4.69, 9.17) is 37.9 Å². The quantitative estimate of drug-likeness (QED) is 0.336. The first-order valence-corrected chi connectivity index (χ1v) is 11.6. The van der Waals surface area contributed by atoms with Gasteiger partial charge in [-0.15, -0.1) is 0 Å². The summed E-state index contributed by atoms with van der Waals surface area (Å²) < 4.78 is 45.5. The Kier molecular flexibility index (Phi) is 10.5. The molecule has 2 aliphatic rings. The number of hydrogen-bond donors (Lipinski definition) is 0. The van der Waals surface area contributed by atoms with Gasteiger partial charge in [-0.2, -0.15) is 0 Å². The highest BCUT2D eigenvalue weighted by Gasteiger charge is 2.49. The number of methoxy groups -OCH3 is 2. The molecule has 196 valence electrons. The van der Waals surface area contributed by atoms with E-state index < -0.39 is 36.0 Å². The van der Waals surface area contributed by atoms with Gasteiger partial charge in [0.05, 0.1) is 25.4 Å². The molecule has 10 nitrogen and oxygen atoms in total. The zero-order valence-electron chi connectivity index (χ0n) is 21.5. The summed E-state index contributed by atoms with van der Waals surface area (Å²) in [5.41, 5.74) is -1.43. The average molecular weight is 489 g/mol. The molecule has 34 heavy (non-hydrogen) atoms. The molecule has 2 rings (SSSR count). The van der Waals surface area contributed by atoms with Gasteiger partial charge in [0, 0.05) is 40.9 Å². The van der Waals surface area contributed by atoms with Crippen LogP contribution in [0.1, 0.15) is 54.4 Å². The second kappa shape index (κ2) is 12.4. The van der Waals surface area contributed by atoms with Crippen LogP contribution in [0.4, 0.5) is 0 Å². The molecule has 0 spiro atoms. The van der Waals surface area contributed by atoms with Crippen molar-refractivity contribution in [1.82, 2.24) is 0 Å². The maximum Gasteiger partial charge on any atom is 0.303 e. The van der Waals surface area contributed by atoms with E-state index in [1.54, 1.807) is 14.2 Å². The highest BCUT2D eigenvalue weighted by molar-refractivity contribution is 5.66. The number of ether oxygens (including phenoxy) is 8. The van der Waals surface area contributed by atoms with Crippen molar-refractivity contribution in [1.29, 1.82) is 0 Å². The van der Waals surface area contributed by atoms with Crippen molar-refractivity contribution in [3.8, 4) is 0 Å². The van der Waals surface area contributed by atoms with Crippen LogP contribution in [0.5, 0.6) is 0 Å². The van der Waals surface area contributed by atoms with Gasteiger partial charge < -0.3 is 37.9 Å². The lowest BCUT2D eigenvalue weighted by Gasteiger charge is -2.45. The van der Waals surface area contributed by atoms with Crippen molar-refractivity contribution in [2.75, 3.05) is 27.4 Å². The summed E-state index contributed by atoms with van der Waals surface area (Å²) in [7, 11) is 3.17. The SMILES string of the molecule is CO[C@]1(C)C[C@@H](OC/C=C/CO[C@@H]2C[C@@](C)(OC)[C@@H](OC(C)=O)[C@H](C)O2)O[C@@H](C)[C@@H]1OC(C)=O. The minimum atomic E-state index is -0.714. The van der Waals surface area contributed by atoms with Crippen LogP contribution < -0.4 is 0 Å². The van der Waals surface area contributed by atoms with E-state index >= 15 is 0 Å². The van der Waals surface area contributed by atoms with E-state index in [-0.39, 0.29) is 24.1 Å². The van der Waals surface area contributed by atoms with Gasteiger partial charge in [0.25, 0.3) is 0 Å². The summed E-state index contributed by atoms with van der Waals surface area (Å²) in [5, 5.41) is 0. The van der Waals surface area contributed by atoms with Crippen molar-refractivity contribution in [2.24, 2.45) is 0 Å². The number of carbonyl (C=O) groups excluding carboxylic acids is 2. The second-order valence-electron chi connectivity index (χ2n) is 9.18. The first-order valence-electron chi connectivity index (χ1n) is 11.6. The van der Waals surface area contributed by atoms with Crippen LogP contribution in [0.15, 0.2) is 12.2 Å². The molecule has 2 heterocycles. The van der Waals surface area contributed by atoms with Crippen molar-refractivity contribution in [3.63, 3.8) is 0 Å². The molecule has 0 unspecified atom stereocenters. The third-order valence-electron chi connectivity index (χ3n) is 6.38. The summed E-state index contributed by atoms with van der Waals surface area (Å²) in [4.78, 5) is 22.9. The Morgan fingerprint density at radius 3 is 1.44 bits per heavy atom. The van der Waals surface area contributed by atoms with E-state index in [1.165, 1.54) is 13.8 Å². The van der Waals surface area contributed by atoms with Crippen LogP contribution in [-0.4, -0.2) is 87.6 Å². The van der Waals surface area contributed by atoms with Gasteiger partial charge in [0.1, 0.15) is 11.2 Å². The molecule has 0 aromatic rings. The Morgan fingerprint density at radius 1 is 0.794 bits per heavy atom. The number of carbonyl (C=O) groups is 2. The summed E-state index contributed by atoms with van der Waals surface area (Å²) in [6.07, 6.45) is 1.71. The second-order valence-corrected chi connectivity index (χ2v) is 9.18. The van der Waals surface area contributed by atoms with Gasteiger partial charge in [-0.05, 0) is 27.7 Å². The third kappa shape index (κ3) is 7.47. The van der Waals surface area contributed by atoms with E-state index in [1.807, 2.05) is 39.8 Å². The Labute approximate surface area is 202 Å². The lowest BCUT2D eigenvalue weighted by atomic mass is 9.88. The summed E-state index contributed by atoms with van der Waals surface area (Å²) in [5.74, 6) is -0.759.